The molecule has 3 rings (SSSR count). The average molecular weight is 327 g/mol. The van der Waals surface area contributed by atoms with Crippen LogP contribution in [0.15, 0.2) is 47.8 Å². The van der Waals surface area contributed by atoms with Crippen LogP contribution in [0.25, 0.3) is 0 Å². The van der Waals surface area contributed by atoms with E-state index >= 15 is 0 Å². The predicted octanol–water partition coefficient (Wildman–Crippen LogP) is 1.26. The molecule has 0 spiro atoms. The molecule has 0 aromatic heterocycles. The van der Waals surface area contributed by atoms with E-state index in [2.05, 4.69) is 5.32 Å². The lowest BCUT2D eigenvalue weighted by Gasteiger charge is -2.29. The Balaban J connectivity index is 1.85. The predicted molar refractivity (Wildman–Crippen MR) is 80.7 cm³/mol. The monoisotopic (exact) mass is 327 g/mol. The first-order chi connectivity index (χ1) is 11.3. The topological polar surface area (TPSA) is 98.8 Å². The van der Waals surface area contributed by atoms with E-state index in [4.69, 9.17) is 9.47 Å². The molecule has 122 valence electrons. The summed E-state index contributed by atoms with van der Waals surface area (Å²) in [7, 11) is 0. The smallest absolute Gasteiger partial charge is 0.350 e. The third kappa shape index (κ3) is 2.71. The minimum Gasteiger partial charge on any atom is -0.419 e. The summed E-state index contributed by atoms with van der Waals surface area (Å²) in [5, 5.41) is 2.53. The van der Waals surface area contributed by atoms with Crippen LogP contribution in [-0.4, -0.2) is 29.3 Å². The number of Topliss-reactive ketones (excluding diaryl/α,β-unsaturated/α-hetero) is 1. The molecule has 0 radical (unpaired) electrons. The Morgan fingerprint density at radius 3 is 2.17 bits per heavy atom. The highest BCUT2D eigenvalue weighted by Crippen LogP contribution is 2.23. The first-order valence-corrected chi connectivity index (χ1v) is 7.12. The van der Waals surface area contributed by atoms with Crippen molar-refractivity contribution in [3.8, 4) is 0 Å². The van der Waals surface area contributed by atoms with E-state index < -0.39 is 29.1 Å². The summed E-state index contributed by atoms with van der Waals surface area (Å²) >= 11 is 0. The molecule has 1 heterocycles. The van der Waals surface area contributed by atoms with Crippen molar-refractivity contribution in [1.29, 1.82) is 0 Å². The minimum atomic E-state index is -1.35. The van der Waals surface area contributed by atoms with Crippen molar-refractivity contribution in [2.45, 2.75) is 19.6 Å². The third-order valence-corrected chi connectivity index (χ3v) is 3.45. The molecule has 1 aromatic rings. The van der Waals surface area contributed by atoms with E-state index in [1.54, 1.807) is 18.2 Å². The van der Waals surface area contributed by atoms with Crippen molar-refractivity contribution in [3.63, 3.8) is 0 Å². The Bertz CT molecular complexity index is 824. The van der Waals surface area contributed by atoms with Crippen molar-refractivity contribution >= 4 is 23.5 Å². The van der Waals surface area contributed by atoms with Crippen molar-refractivity contribution in [2.24, 2.45) is 0 Å². The SMILES string of the molecule is CC1(C)OC(=O)C(=CNC2=CC(=O)c3ccccc3C2=O)C(=O)O1. The van der Waals surface area contributed by atoms with Crippen molar-refractivity contribution in [2.75, 3.05) is 0 Å². The average Bonchev–Trinajstić information content (AvgIpc) is 2.50. The van der Waals surface area contributed by atoms with Crippen LogP contribution in [0.3, 0.4) is 0 Å². The third-order valence-electron chi connectivity index (χ3n) is 3.45. The fraction of sp³-hybridized carbons (Fsp3) is 0.176. The van der Waals surface area contributed by atoms with Crippen LogP contribution in [0, 0.1) is 0 Å². The largest absolute Gasteiger partial charge is 0.419 e. The molecule has 1 aliphatic carbocycles. The highest BCUT2D eigenvalue weighted by molar-refractivity contribution is 6.24. The van der Waals surface area contributed by atoms with Gasteiger partial charge in [0.15, 0.2) is 11.4 Å². The van der Waals surface area contributed by atoms with Gasteiger partial charge in [-0.3, -0.25) is 9.59 Å². The van der Waals surface area contributed by atoms with Gasteiger partial charge < -0.3 is 14.8 Å². The van der Waals surface area contributed by atoms with Crippen LogP contribution in [0.2, 0.25) is 0 Å². The first-order valence-electron chi connectivity index (χ1n) is 7.12. The van der Waals surface area contributed by atoms with Crippen LogP contribution >= 0.6 is 0 Å². The number of hydrogen-bond acceptors (Lipinski definition) is 7. The first kappa shape index (κ1) is 15.7. The van der Waals surface area contributed by atoms with Gasteiger partial charge in [0.2, 0.25) is 5.78 Å². The fourth-order valence-corrected chi connectivity index (χ4v) is 2.35. The zero-order valence-corrected chi connectivity index (χ0v) is 12.9. The number of nitrogens with one attached hydrogen (secondary N) is 1. The lowest BCUT2D eigenvalue weighted by molar-refractivity contribution is -0.222. The van der Waals surface area contributed by atoms with Crippen LogP contribution in [-0.2, 0) is 19.1 Å². The molecule has 1 saturated heterocycles. The zero-order chi connectivity index (χ0) is 17.5. The summed E-state index contributed by atoms with van der Waals surface area (Å²) < 4.78 is 9.88. The van der Waals surface area contributed by atoms with Crippen molar-refractivity contribution < 1.29 is 28.7 Å². The quantitative estimate of drug-likeness (QED) is 0.496. The molecule has 0 amide bonds. The normalized spacial score (nSPS) is 19.1. The Morgan fingerprint density at radius 2 is 1.54 bits per heavy atom. The second kappa shape index (κ2) is 5.45. The Morgan fingerprint density at radius 1 is 0.958 bits per heavy atom. The summed E-state index contributed by atoms with van der Waals surface area (Å²) in [6.07, 6.45) is 2.12. The molecule has 0 bridgehead atoms. The number of benzene rings is 1. The maximum absolute atomic E-state index is 12.4. The molecule has 0 unspecified atom stereocenters. The van der Waals surface area contributed by atoms with Gasteiger partial charge in [-0.05, 0) is 0 Å². The zero-order valence-electron chi connectivity index (χ0n) is 12.9. The molecule has 7 heteroatoms. The van der Waals surface area contributed by atoms with Gasteiger partial charge in [-0.1, -0.05) is 24.3 Å². The number of carbonyl (C=O) groups excluding carboxylic acids is 4. The van der Waals surface area contributed by atoms with E-state index in [1.165, 1.54) is 19.9 Å². The summed E-state index contributed by atoms with van der Waals surface area (Å²) in [5.74, 6) is -3.86. The summed E-state index contributed by atoms with van der Waals surface area (Å²) in [6, 6.07) is 6.39. The van der Waals surface area contributed by atoms with Gasteiger partial charge in [-0.25, -0.2) is 9.59 Å². The van der Waals surface area contributed by atoms with E-state index in [1.807, 2.05) is 0 Å². The Kier molecular flexibility index (Phi) is 3.56. The van der Waals surface area contributed by atoms with E-state index in [0.717, 1.165) is 12.3 Å². The Hall–Kier alpha value is -3.22. The number of ether oxygens (including phenoxy) is 2. The van der Waals surface area contributed by atoms with Crippen LogP contribution < -0.4 is 5.32 Å². The maximum Gasteiger partial charge on any atom is 0.350 e. The van der Waals surface area contributed by atoms with E-state index in [0.29, 0.717) is 5.56 Å². The molecule has 1 aromatic carbocycles. The summed E-state index contributed by atoms with van der Waals surface area (Å²) in [4.78, 5) is 48.1. The van der Waals surface area contributed by atoms with Crippen LogP contribution in [0.1, 0.15) is 34.6 Å². The highest BCUT2D eigenvalue weighted by atomic mass is 16.7. The van der Waals surface area contributed by atoms with Gasteiger partial charge in [0.05, 0.1) is 5.70 Å². The van der Waals surface area contributed by atoms with Gasteiger partial charge in [0.1, 0.15) is 0 Å². The summed E-state index contributed by atoms with van der Waals surface area (Å²) in [5.41, 5.74) is 0.116. The number of cyclic esters (lactones) is 2. The van der Waals surface area contributed by atoms with Gasteiger partial charge in [-0.2, -0.15) is 0 Å². The molecule has 0 saturated carbocycles. The lowest BCUT2D eigenvalue weighted by Crippen LogP contribution is -2.42. The molecule has 2 aliphatic rings. The molecule has 0 atom stereocenters. The number of rotatable bonds is 2. The van der Waals surface area contributed by atoms with Crippen molar-refractivity contribution in [3.05, 3.63) is 58.9 Å². The highest BCUT2D eigenvalue weighted by Gasteiger charge is 2.39. The molecular formula is C17H13NO6. The second-order valence-electron chi connectivity index (χ2n) is 5.68. The number of carbonyl (C=O) groups is 4. The van der Waals surface area contributed by atoms with Crippen LogP contribution in [0.4, 0.5) is 0 Å². The fourth-order valence-electron chi connectivity index (χ4n) is 2.35. The standard InChI is InChI=1S/C17H13NO6/c1-17(2)23-15(21)11(16(22)24-17)8-18-12-7-13(19)9-5-3-4-6-10(9)14(12)20/h3-8,18H,1-2H3. The molecular weight excluding hydrogens is 314 g/mol. The van der Waals surface area contributed by atoms with E-state index in [-0.39, 0.29) is 17.0 Å². The number of ketones is 2. The molecule has 1 aliphatic heterocycles. The molecule has 7 nitrogen and oxygen atoms in total. The number of fused-ring (bicyclic) bond motifs is 1. The van der Waals surface area contributed by atoms with E-state index in [9.17, 15) is 19.2 Å². The Labute approximate surface area is 136 Å². The molecule has 1 N–H and O–H groups in total. The van der Waals surface area contributed by atoms with Gasteiger partial charge in [0.25, 0.3) is 5.79 Å². The molecule has 24 heavy (non-hydrogen) atoms. The van der Waals surface area contributed by atoms with Crippen molar-refractivity contribution in [1.82, 2.24) is 5.32 Å². The number of allylic oxidation sites excluding steroid dienone is 2. The van der Waals surface area contributed by atoms with Crippen LogP contribution in [0.5, 0.6) is 0 Å². The maximum atomic E-state index is 12.4. The second-order valence-corrected chi connectivity index (χ2v) is 5.68. The van der Waals surface area contributed by atoms with Gasteiger partial charge >= 0.3 is 11.9 Å². The lowest BCUT2D eigenvalue weighted by atomic mass is 9.93. The van der Waals surface area contributed by atoms with Gasteiger partial charge in [-0.15, -0.1) is 0 Å². The number of esters is 2. The minimum absolute atomic E-state index is 0.0448. The number of hydrogen-bond donors (Lipinski definition) is 1. The summed E-state index contributed by atoms with van der Waals surface area (Å²) in [6.45, 7) is 2.85. The molecule has 1 fully saturated rings. The van der Waals surface area contributed by atoms with Gasteiger partial charge in [0, 0.05) is 37.3 Å².